The van der Waals surface area contributed by atoms with Crippen LogP contribution in [0.3, 0.4) is 0 Å². The highest BCUT2D eigenvalue weighted by molar-refractivity contribution is 9.10. The topological polar surface area (TPSA) is 61.4 Å². The van der Waals surface area contributed by atoms with Gasteiger partial charge < -0.3 is 0 Å². The number of hydrogen-bond donors (Lipinski definition) is 0. The van der Waals surface area contributed by atoms with Crippen LogP contribution < -0.4 is 0 Å². The van der Waals surface area contributed by atoms with E-state index in [1.165, 1.54) is 4.80 Å². The lowest BCUT2D eigenvalue weighted by Crippen LogP contribution is -1.98. The maximum atomic E-state index is 4.18. The van der Waals surface area contributed by atoms with E-state index >= 15 is 0 Å². The Morgan fingerprint density at radius 1 is 1.43 bits per heavy atom. The van der Waals surface area contributed by atoms with Crippen LogP contribution in [-0.4, -0.2) is 30.0 Å². The Hall–Kier alpha value is -1.24. The molecule has 74 valence electrons. The number of hydrogen-bond acceptors (Lipinski definition) is 4. The molecule has 2 rings (SSSR count). The molecule has 0 saturated carbocycles. The number of nitrogens with zero attached hydrogens (tertiary/aromatic N) is 6. The Kier molecular flexibility index (Phi) is 2.32. The molecule has 7 heteroatoms. The molecule has 0 aromatic carbocycles. The summed E-state index contributed by atoms with van der Waals surface area (Å²) in [5.74, 6) is 0.590. The molecule has 0 fully saturated rings. The summed E-state index contributed by atoms with van der Waals surface area (Å²) >= 11 is 3.34. The fourth-order valence-corrected chi connectivity index (χ4v) is 1.63. The second-order valence-electron chi connectivity index (χ2n) is 2.81. The maximum absolute atomic E-state index is 4.18. The van der Waals surface area contributed by atoms with Crippen LogP contribution in [0.25, 0.3) is 11.4 Å². The zero-order valence-corrected chi connectivity index (χ0v) is 9.43. The summed E-state index contributed by atoms with van der Waals surface area (Å²) in [5.41, 5.74) is 0.854. The van der Waals surface area contributed by atoms with E-state index in [1.54, 1.807) is 4.68 Å². The van der Waals surface area contributed by atoms with E-state index < -0.39 is 0 Å². The first-order chi connectivity index (χ1) is 6.70. The highest BCUT2D eigenvalue weighted by Crippen LogP contribution is 2.22. The maximum Gasteiger partial charge on any atom is 0.209 e. The molecule has 2 heterocycles. The van der Waals surface area contributed by atoms with Gasteiger partial charge in [0.05, 0.1) is 12.1 Å². The average molecular weight is 257 g/mol. The standard InChI is InChI=1S/C7H9BrN6/c1-3-14-11-7(9-12-14)5-4-13(2)10-6(5)8/h4H,3H2,1-2H3. The monoisotopic (exact) mass is 256 g/mol. The van der Waals surface area contributed by atoms with E-state index in [9.17, 15) is 0 Å². The third kappa shape index (κ3) is 1.54. The van der Waals surface area contributed by atoms with Gasteiger partial charge in [-0.3, -0.25) is 4.68 Å². The Labute approximate surface area is 89.0 Å². The minimum Gasteiger partial charge on any atom is -0.274 e. The number of rotatable bonds is 2. The van der Waals surface area contributed by atoms with Crippen molar-refractivity contribution < 1.29 is 0 Å². The molecule has 0 aliphatic heterocycles. The lowest BCUT2D eigenvalue weighted by molar-refractivity contribution is 0.553. The van der Waals surface area contributed by atoms with E-state index in [4.69, 9.17) is 0 Å². The smallest absolute Gasteiger partial charge is 0.209 e. The van der Waals surface area contributed by atoms with E-state index in [1.807, 2.05) is 20.2 Å². The SMILES string of the molecule is CCn1nnc(-c2cn(C)nc2Br)n1. The fraction of sp³-hybridized carbons (Fsp3) is 0.429. The Bertz CT molecular complexity index is 445. The molecule has 0 N–H and O–H groups in total. The molecule has 0 aliphatic rings. The molecule has 0 atom stereocenters. The third-order valence-electron chi connectivity index (χ3n) is 1.76. The van der Waals surface area contributed by atoms with Crippen LogP contribution in [0.1, 0.15) is 6.92 Å². The van der Waals surface area contributed by atoms with Crippen LogP contribution in [0.5, 0.6) is 0 Å². The van der Waals surface area contributed by atoms with Crippen molar-refractivity contribution in [3.05, 3.63) is 10.8 Å². The quantitative estimate of drug-likeness (QED) is 0.800. The molecular weight excluding hydrogens is 248 g/mol. The summed E-state index contributed by atoms with van der Waals surface area (Å²) in [7, 11) is 1.85. The molecule has 0 aliphatic carbocycles. The lowest BCUT2D eigenvalue weighted by atomic mass is 10.3. The summed E-state index contributed by atoms with van der Waals surface area (Å²) in [6.07, 6.45) is 1.85. The average Bonchev–Trinajstić information content (AvgIpc) is 2.71. The van der Waals surface area contributed by atoms with Crippen LogP contribution >= 0.6 is 15.9 Å². The van der Waals surface area contributed by atoms with Crippen molar-refractivity contribution >= 4 is 15.9 Å². The van der Waals surface area contributed by atoms with Crippen molar-refractivity contribution in [1.29, 1.82) is 0 Å². The first-order valence-corrected chi connectivity index (χ1v) is 4.97. The van der Waals surface area contributed by atoms with Crippen molar-refractivity contribution in [3.8, 4) is 11.4 Å². The number of halogens is 1. The molecule has 0 bridgehead atoms. The van der Waals surface area contributed by atoms with Gasteiger partial charge in [-0.05, 0) is 28.1 Å². The van der Waals surface area contributed by atoms with Crippen LogP contribution in [0.2, 0.25) is 0 Å². The van der Waals surface area contributed by atoms with Gasteiger partial charge >= 0.3 is 0 Å². The summed E-state index contributed by atoms with van der Waals surface area (Å²) in [5, 5.41) is 16.1. The molecule has 14 heavy (non-hydrogen) atoms. The summed E-state index contributed by atoms with van der Waals surface area (Å²) in [4.78, 5) is 1.54. The van der Waals surface area contributed by atoms with Gasteiger partial charge in [0.15, 0.2) is 0 Å². The number of aryl methyl sites for hydroxylation is 2. The van der Waals surface area contributed by atoms with Crippen molar-refractivity contribution in [3.63, 3.8) is 0 Å². The second-order valence-corrected chi connectivity index (χ2v) is 3.56. The van der Waals surface area contributed by atoms with Crippen molar-refractivity contribution in [2.24, 2.45) is 7.05 Å². The molecule has 2 aromatic rings. The second kappa shape index (κ2) is 3.49. The molecule has 0 spiro atoms. The lowest BCUT2D eigenvalue weighted by Gasteiger charge is -1.87. The van der Waals surface area contributed by atoms with Gasteiger partial charge in [-0.15, -0.1) is 10.2 Å². The predicted molar refractivity (Wildman–Crippen MR) is 53.4 cm³/mol. The van der Waals surface area contributed by atoms with E-state index in [-0.39, 0.29) is 0 Å². The first kappa shape index (κ1) is 9.32. The van der Waals surface area contributed by atoms with Gasteiger partial charge in [-0.2, -0.15) is 9.90 Å². The number of aromatic nitrogens is 6. The minimum absolute atomic E-state index is 0.590. The van der Waals surface area contributed by atoms with Gasteiger partial charge in [0.2, 0.25) is 5.82 Å². The van der Waals surface area contributed by atoms with E-state index in [0.717, 1.165) is 10.2 Å². The fourth-order valence-electron chi connectivity index (χ4n) is 1.10. The van der Waals surface area contributed by atoms with Crippen LogP contribution in [0.15, 0.2) is 10.8 Å². The van der Waals surface area contributed by atoms with Crippen LogP contribution in [0, 0.1) is 0 Å². The Morgan fingerprint density at radius 3 is 2.71 bits per heavy atom. The zero-order valence-electron chi connectivity index (χ0n) is 7.85. The van der Waals surface area contributed by atoms with E-state index in [2.05, 4.69) is 36.4 Å². The highest BCUT2D eigenvalue weighted by Gasteiger charge is 2.12. The third-order valence-corrected chi connectivity index (χ3v) is 2.35. The zero-order chi connectivity index (χ0) is 10.1. The number of tetrazole rings is 1. The summed E-state index contributed by atoms with van der Waals surface area (Å²) in [6.45, 7) is 2.68. The van der Waals surface area contributed by atoms with Crippen LogP contribution in [-0.2, 0) is 13.6 Å². The molecule has 0 saturated heterocycles. The van der Waals surface area contributed by atoms with Crippen molar-refractivity contribution in [2.45, 2.75) is 13.5 Å². The molecule has 6 nitrogen and oxygen atoms in total. The van der Waals surface area contributed by atoms with Gasteiger partial charge in [-0.25, -0.2) is 0 Å². The molecule has 0 radical (unpaired) electrons. The van der Waals surface area contributed by atoms with Gasteiger partial charge in [0.25, 0.3) is 0 Å². The van der Waals surface area contributed by atoms with Gasteiger partial charge in [0, 0.05) is 13.2 Å². The molecular formula is C7H9BrN6. The van der Waals surface area contributed by atoms with E-state index in [0.29, 0.717) is 12.4 Å². The molecule has 0 amide bonds. The summed E-state index contributed by atoms with van der Waals surface area (Å²) in [6, 6.07) is 0. The van der Waals surface area contributed by atoms with Crippen molar-refractivity contribution in [1.82, 2.24) is 30.0 Å². The van der Waals surface area contributed by atoms with Gasteiger partial charge in [0.1, 0.15) is 4.60 Å². The summed E-state index contributed by atoms with van der Waals surface area (Å²) < 4.78 is 2.43. The Balaban J connectivity index is 2.43. The predicted octanol–water partition coefficient (Wildman–Crippen LogP) is 0.856. The Morgan fingerprint density at radius 2 is 2.21 bits per heavy atom. The normalized spacial score (nSPS) is 10.8. The minimum atomic E-state index is 0.590. The van der Waals surface area contributed by atoms with Crippen LogP contribution in [0.4, 0.5) is 0 Å². The largest absolute Gasteiger partial charge is 0.274 e. The molecule has 0 unspecified atom stereocenters. The first-order valence-electron chi connectivity index (χ1n) is 4.18. The molecule has 2 aromatic heterocycles. The highest BCUT2D eigenvalue weighted by atomic mass is 79.9. The van der Waals surface area contributed by atoms with Gasteiger partial charge in [-0.1, -0.05) is 0 Å². The van der Waals surface area contributed by atoms with Crippen molar-refractivity contribution in [2.75, 3.05) is 0 Å².